The Labute approximate surface area is 108 Å². The van der Waals surface area contributed by atoms with E-state index in [1.165, 1.54) is 0 Å². The van der Waals surface area contributed by atoms with Gasteiger partial charge in [-0.1, -0.05) is 26.1 Å². The fraction of sp³-hybridized carbons (Fsp3) is 0.833. The normalized spacial score (nSPS) is 20.9. The summed E-state index contributed by atoms with van der Waals surface area (Å²) < 4.78 is 5.28. The molecule has 0 bridgehead atoms. The second-order valence-electron chi connectivity index (χ2n) is 5.06. The molecule has 1 aliphatic heterocycles. The van der Waals surface area contributed by atoms with Gasteiger partial charge in [-0.3, -0.25) is 4.79 Å². The molecule has 1 amide bonds. The van der Waals surface area contributed by atoms with Crippen molar-refractivity contribution in [3.05, 3.63) is 0 Å². The van der Waals surface area contributed by atoms with Crippen molar-refractivity contribution in [2.45, 2.75) is 39.7 Å². The smallest absolute Gasteiger partial charge is 0.233 e. The van der Waals surface area contributed by atoms with Crippen LogP contribution in [0.5, 0.6) is 0 Å². The third-order valence-electron chi connectivity index (χ3n) is 3.61. The van der Waals surface area contributed by atoms with E-state index in [1.807, 2.05) is 6.92 Å². The molecule has 1 rings (SSSR count). The predicted octanol–water partition coefficient (Wildman–Crippen LogP) is 1.23. The molecular weight excluding hydrogens is 236 g/mol. The Kier molecular flexibility index (Phi) is 4.89. The lowest BCUT2D eigenvalue weighted by molar-refractivity contribution is -0.132. The van der Waals surface area contributed by atoms with Crippen molar-refractivity contribution in [1.82, 2.24) is 5.32 Å². The molecule has 0 aromatic rings. The molecule has 98 valence electrons. The molecule has 1 atom stereocenters. The Hall–Kier alpha value is -0.680. The number of rotatable bonds is 4. The predicted molar refractivity (Wildman–Crippen MR) is 71.7 cm³/mol. The Balaban J connectivity index is 2.77. The number of thiocarbonyl (C=S) groups is 1. The summed E-state index contributed by atoms with van der Waals surface area (Å²) >= 11 is 5.08. The number of carbonyl (C=O) groups excluding carboxylic acids is 1. The maximum absolute atomic E-state index is 12.3. The summed E-state index contributed by atoms with van der Waals surface area (Å²) in [7, 11) is 0. The Morgan fingerprint density at radius 2 is 1.88 bits per heavy atom. The first-order valence-corrected chi connectivity index (χ1v) is 6.49. The van der Waals surface area contributed by atoms with Crippen LogP contribution in [-0.2, 0) is 9.53 Å². The van der Waals surface area contributed by atoms with E-state index in [2.05, 4.69) is 19.2 Å². The first-order valence-electron chi connectivity index (χ1n) is 6.09. The summed E-state index contributed by atoms with van der Waals surface area (Å²) in [6.07, 6.45) is 1.16. The average molecular weight is 258 g/mol. The highest BCUT2D eigenvalue weighted by atomic mass is 32.1. The second-order valence-corrected chi connectivity index (χ2v) is 5.50. The molecule has 1 saturated heterocycles. The largest absolute Gasteiger partial charge is 0.392 e. The van der Waals surface area contributed by atoms with Gasteiger partial charge in [-0.2, -0.15) is 0 Å². The van der Waals surface area contributed by atoms with Gasteiger partial charge in [0.2, 0.25) is 5.91 Å². The zero-order valence-electron chi connectivity index (χ0n) is 10.8. The van der Waals surface area contributed by atoms with Gasteiger partial charge in [0, 0.05) is 19.3 Å². The lowest BCUT2D eigenvalue weighted by atomic mass is 9.79. The van der Waals surface area contributed by atoms with Crippen LogP contribution in [0.25, 0.3) is 0 Å². The van der Waals surface area contributed by atoms with Crippen molar-refractivity contribution in [2.24, 2.45) is 17.1 Å². The molecule has 5 heteroatoms. The second kappa shape index (κ2) is 5.78. The van der Waals surface area contributed by atoms with Crippen LogP contribution >= 0.6 is 12.2 Å². The van der Waals surface area contributed by atoms with Gasteiger partial charge >= 0.3 is 0 Å². The molecule has 4 nitrogen and oxygen atoms in total. The van der Waals surface area contributed by atoms with Gasteiger partial charge in [0.05, 0.1) is 4.99 Å². The van der Waals surface area contributed by atoms with Gasteiger partial charge < -0.3 is 15.8 Å². The molecular formula is C12H22N2O2S. The number of hydrogen-bond donors (Lipinski definition) is 2. The first-order chi connectivity index (χ1) is 7.90. The monoisotopic (exact) mass is 258 g/mol. The van der Waals surface area contributed by atoms with Crippen molar-refractivity contribution >= 4 is 23.1 Å². The van der Waals surface area contributed by atoms with Crippen molar-refractivity contribution in [3.8, 4) is 0 Å². The molecule has 0 saturated carbocycles. The van der Waals surface area contributed by atoms with Gasteiger partial charge in [-0.05, 0) is 25.7 Å². The molecule has 1 fully saturated rings. The number of carbonyl (C=O) groups is 1. The zero-order chi connectivity index (χ0) is 13.1. The topological polar surface area (TPSA) is 64.4 Å². The minimum atomic E-state index is -0.712. The summed E-state index contributed by atoms with van der Waals surface area (Å²) in [5, 5.41) is 3.01. The van der Waals surface area contributed by atoms with E-state index in [4.69, 9.17) is 22.7 Å². The maximum atomic E-state index is 12.3. The fourth-order valence-corrected chi connectivity index (χ4v) is 2.11. The van der Waals surface area contributed by atoms with Crippen LogP contribution in [0.2, 0.25) is 0 Å². The number of nitrogens with two attached hydrogens (primary N) is 1. The van der Waals surface area contributed by atoms with Crippen LogP contribution in [0, 0.1) is 11.3 Å². The molecule has 0 aromatic carbocycles. The van der Waals surface area contributed by atoms with Crippen LogP contribution in [0.1, 0.15) is 33.6 Å². The highest BCUT2D eigenvalue weighted by Gasteiger charge is 2.43. The molecule has 1 aliphatic rings. The van der Waals surface area contributed by atoms with Crippen molar-refractivity contribution < 1.29 is 9.53 Å². The molecule has 17 heavy (non-hydrogen) atoms. The van der Waals surface area contributed by atoms with Gasteiger partial charge in [0.25, 0.3) is 0 Å². The number of amides is 1. The van der Waals surface area contributed by atoms with E-state index in [0.717, 1.165) is 0 Å². The summed E-state index contributed by atoms with van der Waals surface area (Å²) in [6, 6.07) is 0.122. The molecule has 1 heterocycles. The Bertz CT molecular complexity index is 299. The standard InChI is InChI=1S/C12H22N2O2S/c1-8(2)9(3)14-11(15)12(10(13)17)4-6-16-7-5-12/h8-9H,4-7H2,1-3H3,(H2,13,17)(H,14,15). The minimum Gasteiger partial charge on any atom is -0.392 e. The maximum Gasteiger partial charge on any atom is 0.233 e. The summed E-state index contributed by atoms with van der Waals surface area (Å²) in [5.74, 6) is 0.344. The van der Waals surface area contributed by atoms with Crippen molar-refractivity contribution in [2.75, 3.05) is 13.2 Å². The van der Waals surface area contributed by atoms with E-state index in [0.29, 0.717) is 32.0 Å². The fourth-order valence-electron chi connectivity index (χ4n) is 1.82. The van der Waals surface area contributed by atoms with E-state index in [-0.39, 0.29) is 16.9 Å². The summed E-state index contributed by atoms with van der Waals surface area (Å²) in [6.45, 7) is 7.22. The molecule has 0 aromatic heterocycles. The van der Waals surface area contributed by atoms with Gasteiger partial charge in [-0.15, -0.1) is 0 Å². The number of hydrogen-bond acceptors (Lipinski definition) is 3. The average Bonchev–Trinajstić information content (AvgIpc) is 2.29. The highest BCUT2D eigenvalue weighted by Crippen LogP contribution is 2.31. The lowest BCUT2D eigenvalue weighted by Gasteiger charge is -2.36. The first kappa shape index (κ1) is 14.4. The van der Waals surface area contributed by atoms with Gasteiger partial charge in [-0.25, -0.2) is 0 Å². The summed E-state index contributed by atoms with van der Waals surface area (Å²) in [4.78, 5) is 12.6. The lowest BCUT2D eigenvalue weighted by Crippen LogP contribution is -2.54. The number of nitrogens with one attached hydrogen (secondary N) is 1. The molecule has 3 N–H and O–H groups in total. The SMILES string of the molecule is CC(C)C(C)NC(=O)C1(C(N)=S)CCOCC1. The third kappa shape index (κ3) is 3.16. The quantitative estimate of drug-likeness (QED) is 0.744. The van der Waals surface area contributed by atoms with Gasteiger partial charge in [0.15, 0.2) is 0 Å². The van der Waals surface area contributed by atoms with Crippen LogP contribution < -0.4 is 11.1 Å². The number of ether oxygens (including phenoxy) is 1. The molecule has 0 spiro atoms. The van der Waals surface area contributed by atoms with Crippen LogP contribution in [0.4, 0.5) is 0 Å². The van der Waals surface area contributed by atoms with Crippen molar-refractivity contribution in [3.63, 3.8) is 0 Å². The minimum absolute atomic E-state index is 0.0468. The van der Waals surface area contributed by atoms with E-state index in [1.54, 1.807) is 0 Å². The Morgan fingerprint density at radius 3 is 2.29 bits per heavy atom. The molecule has 0 radical (unpaired) electrons. The molecule has 0 aliphatic carbocycles. The van der Waals surface area contributed by atoms with E-state index < -0.39 is 5.41 Å². The Morgan fingerprint density at radius 1 is 1.35 bits per heavy atom. The molecule has 1 unspecified atom stereocenters. The van der Waals surface area contributed by atoms with E-state index in [9.17, 15) is 4.79 Å². The van der Waals surface area contributed by atoms with Crippen LogP contribution in [0.3, 0.4) is 0 Å². The van der Waals surface area contributed by atoms with E-state index >= 15 is 0 Å². The van der Waals surface area contributed by atoms with Crippen molar-refractivity contribution in [1.29, 1.82) is 0 Å². The van der Waals surface area contributed by atoms with Crippen LogP contribution in [0.15, 0.2) is 0 Å². The zero-order valence-corrected chi connectivity index (χ0v) is 11.6. The van der Waals surface area contributed by atoms with Gasteiger partial charge in [0.1, 0.15) is 5.41 Å². The summed E-state index contributed by atoms with van der Waals surface area (Å²) in [5.41, 5.74) is 5.06. The van der Waals surface area contributed by atoms with Crippen LogP contribution in [-0.4, -0.2) is 30.2 Å². The highest BCUT2D eigenvalue weighted by molar-refractivity contribution is 7.80. The third-order valence-corrected chi connectivity index (χ3v) is 4.00.